The van der Waals surface area contributed by atoms with Crippen LogP contribution in [0.2, 0.25) is 0 Å². The van der Waals surface area contributed by atoms with Crippen LogP contribution in [-0.4, -0.2) is 32.2 Å². The number of pyridine rings is 1. The molecule has 0 bridgehead atoms. The molecule has 3 N–H and O–H groups in total. The van der Waals surface area contributed by atoms with E-state index in [0.29, 0.717) is 18.7 Å². The molecule has 2 aromatic heterocycles. The highest BCUT2D eigenvalue weighted by Gasteiger charge is 2.62. The summed E-state index contributed by atoms with van der Waals surface area (Å²) in [4.78, 5) is 20.9. The van der Waals surface area contributed by atoms with E-state index < -0.39 is 11.4 Å². The predicted molar refractivity (Wildman–Crippen MR) is 94.6 cm³/mol. The first kappa shape index (κ1) is 15.8. The lowest BCUT2D eigenvalue weighted by atomic mass is 9.98. The van der Waals surface area contributed by atoms with Gasteiger partial charge in [-0.05, 0) is 49.9 Å². The summed E-state index contributed by atoms with van der Waals surface area (Å²) < 4.78 is 1.80. The minimum absolute atomic E-state index is 0.112. The molecule has 3 aromatic rings. The third-order valence-corrected chi connectivity index (χ3v) is 5.13. The average molecular weight is 336 g/mol. The van der Waals surface area contributed by atoms with Gasteiger partial charge in [-0.25, -0.2) is 9.97 Å². The number of para-hydroxylation sites is 1. The number of aliphatic carboxylic acids is 1. The van der Waals surface area contributed by atoms with Crippen molar-refractivity contribution in [2.45, 2.75) is 24.7 Å². The Kier molecular flexibility index (Phi) is 3.77. The van der Waals surface area contributed by atoms with Crippen LogP contribution in [0.3, 0.4) is 0 Å². The normalized spacial score (nSPS) is 22.2. The number of benzene rings is 1. The number of fused-ring (bicyclic) bond motifs is 1. The van der Waals surface area contributed by atoms with Crippen LogP contribution in [0.4, 0.5) is 0 Å². The standard InChI is InChI=1S/C19H20N4O2/c20-9-3-5-14-10-19(14,18(24)25)16-11-23(12-21-16)17-8-7-13-4-1-2-6-15(13)22-17/h1-2,4,6-8,11-12,14H,3,5,9-10,20H2,(H,24,25). The van der Waals surface area contributed by atoms with Crippen molar-refractivity contribution in [2.75, 3.05) is 6.54 Å². The van der Waals surface area contributed by atoms with Crippen molar-refractivity contribution in [2.24, 2.45) is 11.7 Å². The average Bonchev–Trinajstić information content (AvgIpc) is 3.16. The van der Waals surface area contributed by atoms with Gasteiger partial charge in [0.2, 0.25) is 0 Å². The number of imidazole rings is 1. The molecule has 1 saturated carbocycles. The molecule has 2 atom stereocenters. The van der Waals surface area contributed by atoms with E-state index in [0.717, 1.165) is 29.6 Å². The summed E-state index contributed by atoms with van der Waals surface area (Å²) in [6, 6.07) is 11.8. The van der Waals surface area contributed by atoms with Crippen LogP contribution in [-0.2, 0) is 10.2 Å². The highest BCUT2D eigenvalue weighted by Crippen LogP contribution is 2.56. The van der Waals surface area contributed by atoms with Gasteiger partial charge in [0.15, 0.2) is 0 Å². The Balaban J connectivity index is 1.66. The van der Waals surface area contributed by atoms with Gasteiger partial charge in [0.25, 0.3) is 0 Å². The lowest BCUT2D eigenvalue weighted by molar-refractivity contribution is -0.140. The minimum Gasteiger partial charge on any atom is -0.481 e. The number of nitrogens with zero attached hydrogens (tertiary/aromatic N) is 3. The SMILES string of the molecule is NCCCC1CC1(C(=O)O)c1cn(-c2ccc3ccccc3n2)cn1. The van der Waals surface area contributed by atoms with Crippen molar-refractivity contribution in [1.29, 1.82) is 0 Å². The van der Waals surface area contributed by atoms with Crippen LogP contribution >= 0.6 is 0 Å². The molecule has 1 aliphatic rings. The van der Waals surface area contributed by atoms with Crippen molar-refractivity contribution >= 4 is 16.9 Å². The summed E-state index contributed by atoms with van der Waals surface area (Å²) in [7, 11) is 0. The lowest BCUT2D eigenvalue weighted by Crippen LogP contribution is -2.23. The number of carboxylic acid groups (broad SMARTS) is 1. The molecule has 6 nitrogen and oxygen atoms in total. The van der Waals surface area contributed by atoms with E-state index in [1.807, 2.05) is 36.4 Å². The fourth-order valence-electron chi connectivity index (χ4n) is 3.61. The van der Waals surface area contributed by atoms with Gasteiger partial charge >= 0.3 is 5.97 Å². The molecular formula is C19H20N4O2. The fraction of sp³-hybridized carbons (Fsp3) is 0.316. The second-order valence-electron chi connectivity index (χ2n) is 6.64. The quantitative estimate of drug-likeness (QED) is 0.721. The number of nitrogens with two attached hydrogens (primary N) is 1. The van der Waals surface area contributed by atoms with Gasteiger partial charge in [-0.15, -0.1) is 0 Å². The molecule has 25 heavy (non-hydrogen) atoms. The zero-order chi connectivity index (χ0) is 17.4. The van der Waals surface area contributed by atoms with Gasteiger partial charge in [0.05, 0.1) is 11.2 Å². The smallest absolute Gasteiger partial charge is 0.316 e. The summed E-state index contributed by atoms with van der Waals surface area (Å²) in [6.45, 7) is 0.585. The molecule has 128 valence electrons. The van der Waals surface area contributed by atoms with Gasteiger partial charge in [0, 0.05) is 11.6 Å². The maximum Gasteiger partial charge on any atom is 0.316 e. The maximum atomic E-state index is 11.9. The third kappa shape index (κ3) is 2.59. The highest BCUT2D eigenvalue weighted by molar-refractivity contribution is 5.85. The van der Waals surface area contributed by atoms with Crippen LogP contribution in [0, 0.1) is 5.92 Å². The molecule has 0 amide bonds. The lowest BCUT2D eigenvalue weighted by Gasteiger charge is -2.09. The van der Waals surface area contributed by atoms with Crippen molar-refractivity contribution in [3.8, 4) is 5.82 Å². The second-order valence-corrected chi connectivity index (χ2v) is 6.64. The van der Waals surface area contributed by atoms with Crippen molar-refractivity contribution in [3.05, 3.63) is 54.6 Å². The van der Waals surface area contributed by atoms with Crippen molar-refractivity contribution < 1.29 is 9.90 Å². The van der Waals surface area contributed by atoms with E-state index in [4.69, 9.17) is 5.73 Å². The zero-order valence-corrected chi connectivity index (χ0v) is 13.8. The number of hydrogen-bond acceptors (Lipinski definition) is 4. The van der Waals surface area contributed by atoms with Crippen LogP contribution in [0.25, 0.3) is 16.7 Å². The summed E-state index contributed by atoms with van der Waals surface area (Å²) in [5.74, 6) is 0.0462. The molecule has 0 spiro atoms. The molecule has 0 radical (unpaired) electrons. The topological polar surface area (TPSA) is 94.0 Å². The van der Waals surface area contributed by atoms with Crippen molar-refractivity contribution in [3.63, 3.8) is 0 Å². The first-order chi connectivity index (χ1) is 12.1. The number of rotatable bonds is 6. The Morgan fingerprint density at radius 1 is 1.32 bits per heavy atom. The number of carbonyl (C=O) groups is 1. The largest absolute Gasteiger partial charge is 0.481 e. The van der Waals surface area contributed by atoms with Crippen LogP contribution in [0.15, 0.2) is 48.9 Å². The minimum atomic E-state index is -0.864. The predicted octanol–water partition coefficient (Wildman–Crippen LogP) is 2.50. The maximum absolute atomic E-state index is 11.9. The third-order valence-electron chi connectivity index (χ3n) is 5.13. The van der Waals surface area contributed by atoms with Gasteiger partial charge in [-0.2, -0.15) is 0 Å². The van der Waals surface area contributed by atoms with Crippen LogP contribution < -0.4 is 5.73 Å². The Labute approximate surface area is 145 Å². The first-order valence-electron chi connectivity index (χ1n) is 8.49. The summed E-state index contributed by atoms with van der Waals surface area (Å²) in [6.07, 6.45) is 5.74. The number of aromatic nitrogens is 3. The highest BCUT2D eigenvalue weighted by atomic mass is 16.4. The molecule has 0 aliphatic heterocycles. The van der Waals surface area contributed by atoms with E-state index in [-0.39, 0.29) is 5.92 Å². The monoisotopic (exact) mass is 336 g/mol. The van der Waals surface area contributed by atoms with Crippen LogP contribution in [0.5, 0.6) is 0 Å². The Morgan fingerprint density at radius 3 is 2.96 bits per heavy atom. The van der Waals surface area contributed by atoms with Crippen LogP contribution in [0.1, 0.15) is 25.0 Å². The zero-order valence-electron chi connectivity index (χ0n) is 13.8. The summed E-state index contributed by atoms with van der Waals surface area (Å²) in [5.41, 5.74) is 6.20. The molecule has 1 fully saturated rings. The number of carboxylic acids is 1. The van der Waals surface area contributed by atoms with Gasteiger partial charge in [-0.3, -0.25) is 9.36 Å². The molecule has 0 saturated heterocycles. The molecule has 2 unspecified atom stereocenters. The first-order valence-corrected chi connectivity index (χ1v) is 8.49. The van der Waals surface area contributed by atoms with Gasteiger partial charge < -0.3 is 10.8 Å². The second kappa shape index (κ2) is 5.97. The van der Waals surface area contributed by atoms with Gasteiger partial charge in [-0.1, -0.05) is 18.2 Å². The van der Waals surface area contributed by atoms with E-state index in [1.165, 1.54) is 0 Å². The molecule has 1 aliphatic carbocycles. The van der Waals surface area contributed by atoms with Gasteiger partial charge in [0.1, 0.15) is 17.6 Å². The van der Waals surface area contributed by atoms with Crippen molar-refractivity contribution in [1.82, 2.24) is 14.5 Å². The number of hydrogen-bond donors (Lipinski definition) is 2. The fourth-order valence-corrected chi connectivity index (χ4v) is 3.61. The summed E-state index contributed by atoms with van der Waals surface area (Å²) >= 11 is 0. The molecule has 2 heterocycles. The molecule has 1 aromatic carbocycles. The molecule has 6 heteroatoms. The van der Waals surface area contributed by atoms with E-state index in [1.54, 1.807) is 17.1 Å². The Morgan fingerprint density at radius 2 is 2.16 bits per heavy atom. The Bertz CT molecular complexity index is 936. The van der Waals surface area contributed by atoms with E-state index >= 15 is 0 Å². The molecular weight excluding hydrogens is 316 g/mol. The Hall–Kier alpha value is -2.73. The van der Waals surface area contributed by atoms with E-state index in [9.17, 15) is 9.90 Å². The van der Waals surface area contributed by atoms with E-state index in [2.05, 4.69) is 9.97 Å². The molecule has 4 rings (SSSR count). The summed E-state index contributed by atoms with van der Waals surface area (Å²) in [5, 5.41) is 10.8.